The molecular formula is C24H35N5O2. The molecule has 7 nitrogen and oxygen atoms in total. The number of hydrogen-bond acceptors (Lipinski definition) is 4. The minimum atomic E-state index is 0.283. The Labute approximate surface area is 185 Å². The SMILES string of the molecule is CCNC(=NCc1cccc(OC)c1OC1CCCC1)N1CCC(c2cnn(C)c2)C1. The molecule has 1 aliphatic carbocycles. The van der Waals surface area contributed by atoms with E-state index in [0.717, 1.165) is 61.9 Å². The molecule has 0 amide bonds. The highest BCUT2D eigenvalue weighted by Gasteiger charge is 2.27. The molecule has 0 bridgehead atoms. The van der Waals surface area contributed by atoms with E-state index in [1.807, 2.05) is 30.1 Å². The van der Waals surface area contributed by atoms with Gasteiger partial charge in [0.15, 0.2) is 17.5 Å². The minimum absolute atomic E-state index is 0.283. The molecule has 1 aromatic heterocycles. The van der Waals surface area contributed by atoms with E-state index in [-0.39, 0.29) is 6.10 Å². The third kappa shape index (κ3) is 5.14. The number of benzene rings is 1. The molecule has 2 heterocycles. The largest absolute Gasteiger partial charge is 0.493 e. The summed E-state index contributed by atoms with van der Waals surface area (Å²) in [6.07, 6.45) is 10.2. The quantitative estimate of drug-likeness (QED) is 0.541. The van der Waals surface area contributed by atoms with Crippen LogP contribution in [0.25, 0.3) is 0 Å². The van der Waals surface area contributed by atoms with Gasteiger partial charge in [-0.3, -0.25) is 4.68 Å². The average molecular weight is 426 g/mol. The summed E-state index contributed by atoms with van der Waals surface area (Å²) in [6.45, 7) is 5.48. The molecule has 0 spiro atoms. The van der Waals surface area contributed by atoms with E-state index >= 15 is 0 Å². The molecule has 31 heavy (non-hydrogen) atoms. The van der Waals surface area contributed by atoms with Crippen LogP contribution < -0.4 is 14.8 Å². The highest BCUT2D eigenvalue weighted by Crippen LogP contribution is 2.35. The number of aliphatic imine (C=N–C) groups is 1. The number of aryl methyl sites for hydroxylation is 1. The molecule has 1 aromatic carbocycles. The van der Waals surface area contributed by atoms with Crippen molar-refractivity contribution in [3.8, 4) is 11.5 Å². The van der Waals surface area contributed by atoms with Crippen LogP contribution in [-0.2, 0) is 13.6 Å². The van der Waals surface area contributed by atoms with Crippen molar-refractivity contribution in [1.29, 1.82) is 0 Å². The van der Waals surface area contributed by atoms with Gasteiger partial charge in [-0.2, -0.15) is 5.10 Å². The summed E-state index contributed by atoms with van der Waals surface area (Å²) < 4.78 is 13.9. The zero-order valence-electron chi connectivity index (χ0n) is 19.0. The van der Waals surface area contributed by atoms with Crippen molar-refractivity contribution >= 4 is 5.96 Å². The van der Waals surface area contributed by atoms with Crippen LogP contribution in [-0.4, -0.2) is 53.5 Å². The zero-order valence-corrected chi connectivity index (χ0v) is 19.0. The molecule has 168 valence electrons. The van der Waals surface area contributed by atoms with Crippen molar-refractivity contribution in [1.82, 2.24) is 20.0 Å². The Morgan fingerprint density at radius 1 is 1.26 bits per heavy atom. The van der Waals surface area contributed by atoms with Crippen LogP contribution in [0.2, 0.25) is 0 Å². The fourth-order valence-corrected chi connectivity index (χ4v) is 4.61. The van der Waals surface area contributed by atoms with Crippen LogP contribution in [0.1, 0.15) is 56.1 Å². The monoisotopic (exact) mass is 425 g/mol. The summed E-state index contributed by atoms with van der Waals surface area (Å²) in [6, 6.07) is 6.09. The molecular weight excluding hydrogens is 390 g/mol. The molecule has 1 unspecified atom stereocenters. The molecule has 1 N–H and O–H groups in total. The van der Waals surface area contributed by atoms with Gasteiger partial charge >= 0.3 is 0 Å². The number of hydrogen-bond donors (Lipinski definition) is 1. The third-order valence-corrected chi connectivity index (χ3v) is 6.29. The van der Waals surface area contributed by atoms with E-state index < -0.39 is 0 Å². The normalized spacial score (nSPS) is 19.8. The summed E-state index contributed by atoms with van der Waals surface area (Å²) in [5.41, 5.74) is 2.38. The molecule has 2 aromatic rings. The highest BCUT2D eigenvalue weighted by molar-refractivity contribution is 5.80. The summed E-state index contributed by atoms with van der Waals surface area (Å²) in [5.74, 6) is 3.10. The van der Waals surface area contributed by atoms with Crippen molar-refractivity contribution in [3.63, 3.8) is 0 Å². The van der Waals surface area contributed by atoms with Crippen LogP contribution in [0.3, 0.4) is 0 Å². The Kier molecular flexibility index (Phi) is 6.99. The molecule has 2 aliphatic rings. The van der Waals surface area contributed by atoms with E-state index in [0.29, 0.717) is 12.5 Å². The second-order valence-electron chi connectivity index (χ2n) is 8.52. The molecule has 1 saturated carbocycles. The minimum Gasteiger partial charge on any atom is -0.493 e. The van der Waals surface area contributed by atoms with Gasteiger partial charge in [0.1, 0.15) is 0 Å². The number of ether oxygens (including phenoxy) is 2. The van der Waals surface area contributed by atoms with Crippen molar-refractivity contribution < 1.29 is 9.47 Å². The Morgan fingerprint density at radius 3 is 2.81 bits per heavy atom. The van der Waals surface area contributed by atoms with Gasteiger partial charge < -0.3 is 19.7 Å². The molecule has 4 rings (SSSR count). The van der Waals surface area contributed by atoms with Gasteiger partial charge in [-0.05, 0) is 50.7 Å². The van der Waals surface area contributed by atoms with Crippen LogP contribution in [0, 0.1) is 0 Å². The lowest BCUT2D eigenvalue weighted by molar-refractivity contribution is 0.198. The smallest absolute Gasteiger partial charge is 0.194 e. The number of likely N-dealkylation sites (tertiary alicyclic amines) is 1. The van der Waals surface area contributed by atoms with Gasteiger partial charge in [0.25, 0.3) is 0 Å². The molecule has 2 fully saturated rings. The lowest BCUT2D eigenvalue weighted by Gasteiger charge is -2.22. The topological polar surface area (TPSA) is 63.9 Å². The Morgan fingerprint density at radius 2 is 2.10 bits per heavy atom. The number of nitrogens with zero attached hydrogens (tertiary/aromatic N) is 4. The van der Waals surface area contributed by atoms with E-state index in [9.17, 15) is 0 Å². The molecule has 1 atom stereocenters. The maximum atomic E-state index is 6.39. The predicted molar refractivity (Wildman–Crippen MR) is 123 cm³/mol. The Hall–Kier alpha value is -2.70. The number of rotatable bonds is 7. The van der Waals surface area contributed by atoms with Gasteiger partial charge in [0.2, 0.25) is 0 Å². The first-order valence-electron chi connectivity index (χ1n) is 11.5. The summed E-state index contributed by atoms with van der Waals surface area (Å²) in [4.78, 5) is 7.34. The standard InChI is InChI=1S/C24H35N5O2/c1-4-25-24(29-13-12-19(17-29)20-15-27-28(2)16-20)26-14-18-8-7-11-22(30-3)23(18)31-21-9-5-6-10-21/h7-8,11,15-16,19,21H,4-6,9-10,12-14,17H2,1-3H3,(H,25,26). The van der Waals surface area contributed by atoms with Crippen LogP contribution in [0.4, 0.5) is 0 Å². The lowest BCUT2D eigenvalue weighted by Crippen LogP contribution is -2.40. The zero-order chi connectivity index (χ0) is 21.6. The molecule has 7 heteroatoms. The van der Waals surface area contributed by atoms with Crippen molar-refractivity contribution in [2.75, 3.05) is 26.7 Å². The van der Waals surface area contributed by atoms with Crippen molar-refractivity contribution in [2.45, 2.75) is 57.6 Å². The van der Waals surface area contributed by atoms with E-state index in [1.54, 1.807) is 7.11 Å². The molecule has 1 aliphatic heterocycles. The number of nitrogens with one attached hydrogen (secondary N) is 1. The number of aromatic nitrogens is 2. The molecule has 1 saturated heterocycles. The van der Waals surface area contributed by atoms with E-state index in [2.05, 4.69) is 34.5 Å². The first-order valence-corrected chi connectivity index (χ1v) is 11.5. The maximum Gasteiger partial charge on any atom is 0.194 e. The maximum absolute atomic E-state index is 6.39. The fraction of sp³-hybridized carbons (Fsp3) is 0.583. The Bertz CT molecular complexity index is 888. The third-order valence-electron chi connectivity index (χ3n) is 6.29. The Balaban J connectivity index is 1.49. The van der Waals surface area contributed by atoms with Crippen molar-refractivity contribution in [2.24, 2.45) is 12.0 Å². The van der Waals surface area contributed by atoms with Gasteiger partial charge in [-0.15, -0.1) is 0 Å². The van der Waals surface area contributed by atoms with Crippen LogP contribution in [0.15, 0.2) is 35.6 Å². The van der Waals surface area contributed by atoms with Gasteiger partial charge in [0.05, 0.1) is 26.0 Å². The second-order valence-corrected chi connectivity index (χ2v) is 8.52. The van der Waals surface area contributed by atoms with Crippen molar-refractivity contribution in [3.05, 3.63) is 41.7 Å². The predicted octanol–water partition coefficient (Wildman–Crippen LogP) is 3.71. The first kappa shape index (κ1) is 21.5. The second kappa shape index (κ2) is 10.1. The first-order chi connectivity index (χ1) is 15.2. The number of methoxy groups -OCH3 is 1. The fourth-order valence-electron chi connectivity index (χ4n) is 4.61. The van der Waals surface area contributed by atoms with Crippen LogP contribution >= 0.6 is 0 Å². The van der Waals surface area contributed by atoms with Gasteiger partial charge in [-0.1, -0.05) is 12.1 Å². The number of guanidine groups is 1. The molecule has 0 radical (unpaired) electrons. The number of para-hydroxylation sites is 1. The summed E-state index contributed by atoms with van der Waals surface area (Å²) in [5, 5.41) is 7.81. The summed E-state index contributed by atoms with van der Waals surface area (Å²) >= 11 is 0. The van der Waals surface area contributed by atoms with Gasteiger partial charge in [0, 0.05) is 44.4 Å². The van der Waals surface area contributed by atoms with Crippen LogP contribution in [0.5, 0.6) is 11.5 Å². The average Bonchev–Trinajstić information content (AvgIpc) is 3.54. The van der Waals surface area contributed by atoms with Gasteiger partial charge in [-0.25, -0.2) is 4.99 Å². The highest BCUT2D eigenvalue weighted by atomic mass is 16.5. The van der Waals surface area contributed by atoms with E-state index in [1.165, 1.54) is 18.4 Å². The lowest BCUT2D eigenvalue weighted by atomic mass is 10.0. The summed E-state index contributed by atoms with van der Waals surface area (Å²) in [7, 11) is 3.68. The van der Waals surface area contributed by atoms with E-state index in [4.69, 9.17) is 14.5 Å².